The molecule has 0 atom stereocenters. The van der Waals surface area contributed by atoms with Crippen molar-refractivity contribution in [2.75, 3.05) is 0 Å². The van der Waals surface area contributed by atoms with Gasteiger partial charge in [-0.25, -0.2) is 19.9 Å². The second-order valence-corrected chi connectivity index (χ2v) is 15.7. The lowest BCUT2D eigenvalue weighted by Crippen LogP contribution is -1.98. The second-order valence-electron chi connectivity index (χ2n) is 14.6. The van der Waals surface area contributed by atoms with Crippen molar-refractivity contribution < 1.29 is 0 Å². The minimum absolute atomic E-state index is 0.629. The van der Waals surface area contributed by atoms with E-state index in [9.17, 15) is 0 Å². The molecule has 10 aromatic rings. The number of rotatable bonds is 4. The van der Waals surface area contributed by atoms with Gasteiger partial charge < -0.3 is 0 Å². The molecule has 0 saturated heterocycles. The molecule has 0 radical (unpaired) electrons. The quantitative estimate of drug-likeness (QED) is 0.178. The van der Waals surface area contributed by atoms with Crippen LogP contribution >= 0.6 is 11.8 Å². The molecule has 0 unspecified atom stereocenters. The van der Waals surface area contributed by atoms with Crippen LogP contribution in [-0.4, -0.2) is 19.9 Å². The van der Waals surface area contributed by atoms with E-state index < -0.39 is 0 Å². The van der Waals surface area contributed by atoms with Crippen LogP contribution in [0.15, 0.2) is 216 Å². The average Bonchev–Trinajstić information content (AvgIpc) is 3.33. The maximum absolute atomic E-state index is 5.26. The molecular formula is C54H34N4S. The van der Waals surface area contributed by atoms with Gasteiger partial charge in [0.25, 0.3) is 0 Å². The zero-order valence-electron chi connectivity index (χ0n) is 31.8. The lowest BCUT2D eigenvalue weighted by molar-refractivity contribution is 1.14. The summed E-state index contributed by atoms with van der Waals surface area (Å²) < 4.78 is 0. The molecule has 2 aromatic heterocycles. The van der Waals surface area contributed by atoms with Crippen LogP contribution in [0.2, 0.25) is 0 Å². The minimum atomic E-state index is 0.629. The summed E-state index contributed by atoms with van der Waals surface area (Å²) in [5.41, 5.74) is 14.7. The van der Waals surface area contributed by atoms with Gasteiger partial charge in [0.1, 0.15) is 0 Å². The fourth-order valence-corrected chi connectivity index (χ4v) is 9.42. The molecule has 0 aliphatic carbocycles. The van der Waals surface area contributed by atoms with Gasteiger partial charge in [0, 0.05) is 44.4 Å². The largest absolute Gasteiger partial charge is 0.236 e. The van der Waals surface area contributed by atoms with E-state index in [0.717, 1.165) is 50.3 Å². The molecule has 276 valence electrons. The maximum atomic E-state index is 5.26. The highest BCUT2D eigenvalue weighted by molar-refractivity contribution is 7.99. The highest BCUT2D eigenvalue weighted by Gasteiger charge is 2.23. The van der Waals surface area contributed by atoms with Crippen LogP contribution in [-0.2, 0) is 0 Å². The maximum Gasteiger partial charge on any atom is 0.160 e. The molecule has 0 spiro atoms. The van der Waals surface area contributed by atoms with Crippen LogP contribution in [0, 0.1) is 0 Å². The van der Waals surface area contributed by atoms with Crippen molar-refractivity contribution in [3.05, 3.63) is 207 Å². The van der Waals surface area contributed by atoms with Crippen molar-refractivity contribution in [3.63, 3.8) is 0 Å². The zero-order chi connectivity index (χ0) is 39.1. The molecule has 8 aromatic carbocycles. The Hall–Kier alpha value is -7.47. The highest BCUT2D eigenvalue weighted by Crippen LogP contribution is 2.50. The predicted molar refractivity (Wildman–Crippen MR) is 243 cm³/mol. The lowest BCUT2D eigenvalue weighted by Gasteiger charge is -2.19. The van der Waals surface area contributed by atoms with Crippen molar-refractivity contribution in [2.24, 2.45) is 0 Å². The number of nitrogens with zero attached hydrogens (tertiary/aromatic N) is 4. The summed E-state index contributed by atoms with van der Waals surface area (Å²) in [7, 11) is 0. The minimum Gasteiger partial charge on any atom is -0.236 e. The van der Waals surface area contributed by atoms with E-state index in [1.54, 1.807) is 0 Å². The predicted octanol–water partition coefficient (Wildman–Crippen LogP) is 14.2. The van der Waals surface area contributed by atoms with Crippen LogP contribution in [0.4, 0.5) is 0 Å². The summed E-state index contributed by atoms with van der Waals surface area (Å²) in [6.45, 7) is 0. The first-order chi connectivity index (χ1) is 29.2. The van der Waals surface area contributed by atoms with E-state index in [1.807, 2.05) is 78.8 Å². The van der Waals surface area contributed by atoms with Gasteiger partial charge in [-0.2, -0.15) is 0 Å². The molecule has 5 heteroatoms. The number of benzene rings is 8. The normalized spacial score (nSPS) is 11.7. The number of hydrogen-bond donors (Lipinski definition) is 0. The van der Waals surface area contributed by atoms with E-state index in [1.165, 1.54) is 48.4 Å². The molecule has 0 bridgehead atoms. The molecule has 4 nitrogen and oxygen atoms in total. The van der Waals surface area contributed by atoms with Crippen molar-refractivity contribution in [1.29, 1.82) is 0 Å². The summed E-state index contributed by atoms with van der Waals surface area (Å²) in [5.74, 6) is 1.30. The Morgan fingerprint density at radius 3 is 1.54 bits per heavy atom. The summed E-state index contributed by atoms with van der Waals surface area (Å²) >= 11 is 1.84. The van der Waals surface area contributed by atoms with Crippen molar-refractivity contribution in [1.82, 2.24) is 19.9 Å². The van der Waals surface area contributed by atoms with E-state index in [2.05, 4.69) is 140 Å². The molecule has 59 heavy (non-hydrogen) atoms. The Kier molecular flexibility index (Phi) is 8.72. The van der Waals surface area contributed by atoms with Gasteiger partial charge in [-0.3, -0.25) is 0 Å². The summed E-state index contributed by atoms with van der Waals surface area (Å²) in [6.07, 6.45) is 3.72. The lowest BCUT2D eigenvalue weighted by atomic mass is 9.85. The van der Waals surface area contributed by atoms with Crippen LogP contribution in [0.5, 0.6) is 0 Å². The Labute approximate surface area is 347 Å². The average molecular weight is 771 g/mol. The molecule has 1 aliphatic rings. The first-order valence-electron chi connectivity index (χ1n) is 19.7. The Bertz CT molecular complexity index is 3180. The molecule has 3 heterocycles. The topological polar surface area (TPSA) is 51.6 Å². The number of aromatic nitrogens is 4. The molecule has 11 rings (SSSR count). The molecule has 0 fully saturated rings. The van der Waals surface area contributed by atoms with Crippen LogP contribution in [0.25, 0.3) is 101 Å². The first kappa shape index (κ1) is 34.8. The van der Waals surface area contributed by atoms with E-state index in [-0.39, 0.29) is 0 Å². The van der Waals surface area contributed by atoms with E-state index >= 15 is 0 Å². The van der Waals surface area contributed by atoms with Gasteiger partial charge in [0.2, 0.25) is 0 Å². The van der Waals surface area contributed by atoms with Gasteiger partial charge in [-0.1, -0.05) is 188 Å². The summed E-state index contributed by atoms with van der Waals surface area (Å²) in [5, 5.41) is 2.42. The van der Waals surface area contributed by atoms with Crippen LogP contribution < -0.4 is 0 Å². The molecular weight excluding hydrogens is 737 g/mol. The van der Waals surface area contributed by atoms with E-state index in [0.29, 0.717) is 11.6 Å². The smallest absolute Gasteiger partial charge is 0.160 e. The highest BCUT2D eigenvalue weighted by atomic mass is 32.2. The second kappa shape index (κ2) is 14.8. The Morgan fingerprint density at radius 1 is 0.322 bits per heavy atom. The van der Waals surface area contributed by atoms with Gasteiger partial charge in [0.05, 0.1) is 11.4 Å². The third-order valence-electron chi connectivity index (χ3n) is 11.0. The third kappa shape index (κ3) is 6.38. The van der Waals surface area contributed by atoms with Crippen LogP contribution in [0.3, 0.4) is 0 Å². The van der Waals surface area contributed by atoms with Gasteiger partial charge >= 0.3 is 0 Å². The fraction of sp³-hybridized carbons (Fsp3) is 0. The first-order valence-corrected chi connectivity index (χ1v) is 20.5. The standard InChI is InChI=1S/C54H34N4S/c1-3-16-36(17-4-1)49-32-50(39-33-55-53(56-34-39)37-18-5-2-6-19-37)58-54(57-49)38-28-29-45-43-23-10-9-21-41(43)42-22-11-12-24-44(42)46-25-13-14-26-51(46)59-52-40-20-8-7-15-35(40)27-30-47(52)48(45)31-38/h1-34H. The monoisotopic (exact) mass is 770 g/mol. The molecule has 0 N–H and O–H groups in total. The van der Waals surface area contributed by atoms with Gasteiger partial charge in [0.15, 0.2) is 11.6 Å². The van der Waals surface area contributed by atoms with Gasteiger partial charge in [-0.15, -0.1) is 0 Å². The molecule has 0 saturated carbocycles. The third-order valence-corrected chi connectivity index (χ3v) is 12.3. The van der Waals surface area contributed by atoms with Crippen molar-refractivity contribution in [2.45, 2.75) is 9.79 Å². The fourth-order valence-electron chi connectivity index (χ4n) is 8.18. The molecule has 0 amide bonds. The Morgan fingerprint density at radius 2 is 0.847 bits per heavy atom. The van der Waals surface area contributed by atoms with E-state index in [4.69, 9.17) is 19.9 Å². The molecule has 1 aliphatic heterocycles. The zero-order valence-corrected chi connectivity index (χ0v) is 32.6. The SMILES string of the molecule is c1ccc(-c2cc(-c3cnc(-c4ccccc4)nc3)nc(-c3ccc4c(c3)-c3ccc5ccccc5c3Sc3ccccc3-c3ccccc3-c3ccccc3-4)n2)cc1. The van der Waals surface area contributed by atoms with Gasteiger partial charge in [-0.05, 0) is 73.5 Å². The van der Waals surface area contributed by atoms with Crippen molar-refractivity contribution >= 4 is 22.5 Å². The Balaban J connectivity index is 1.17. The van der Waals surface area contributed by atoms with Crippen LogP contribution in [0.1, 0.15) is 0 Å². The number of hydrogen-bond acceptors (Lipinski definition) is 5. The number of fused-ring (bicyclic) bond motifs is 11. The summed E-state index contributed by atoms with van der Waals surface area (Å²) in [6, 6.07) is 68.7. The van der Waals surface area contributed by atoms with Crippen molar-refractivity contribution in [3.8, 4) is 89.8 Å². The summed E-state index contributed by atoms with van der Waals surface area (Å²) in [4.78, 5) is 22.4.